The number of halogens is 1. The molecule has 3 N–H and O–H groups in total. The fourth-order valence-corrected chi connectivity index (χ4v) is 3.42. The van der Waals surface area contributed by atoms with Gasteiger partial charge in [-0.3, -0.25) is 14.6 Å². The van der Waals surface area contributed by atoms with Crippen molar-refractivity contribution in [3.8, 4) is 0 Å². The van der Waals surface area contributed by atoms with Crippen molar-refractivity contribution in [1.82, 2.24) is 20.9 Å². The molecular weight excluding hydrogens is 505 g/mol. The van der Waals surface area contributed by atoms with Crippen LogP contribution in [0.2, 0.25) is 0 Å². The fourth-order valence-electron chi connectivity index (χ4n) is 3.42. The summed E-state index contributed by atoms with van der Waals surface area (Å²) < 4.78 is 0. The van der Waals surface area contributed by atoms with E-state index in [0.717, 1.165) is 17.9 Å². The molecule has 0 bridgehead atoms. The Morgan fingerprint density at radius 2 is 1.74 bits per heavy atom. The highest BCUT2D eigenvalue weighted by Gasteiger charge is 2.22. The van der Waals surface area contributed by atoms with Crippen LogP contribution in [0.15, 0.2) is 53.5 Å². The first-order chi connectivity index (χ1) is 14.6. The number of benzene rings is 2. The molecule has 1 fully saturated rings. The van der Waals surface area contributed by atoms with Gasteiger partial charge in [0.1, 0.15) is 0 Å². The molecule has 2 amide bonds. The molecule has 166 valence electrons. The van der Waals surface area contributed by atoms with Gasteiger partial charge in [-0.25, -0.2) is 0 Å². The first-order valence-electron chi connectivity index (χ1n) is 10.3. The van der Waals surface area contributed by atoms with E-state index in [-0.39, 0.29) is 42.3 Å². The van der Waals surface area contributed by atoms with Gasteiger partial charge in [-0.15, -0.1) is 24.0 Å². The summed E-state index contributed by atoms with van der Waals surface area (Å²) in [4.78, 5) is 29.9. The van der Waals surface area contributed by atoms with Crippen LogP contribution in [-0.4, -0.2) is 49.4 Å². The second kappa shape index (κ2) is 12.3. The number of hydrogen-bond donors (Lipinski definition) is 3. The van der Waals surface area contributed by atoms with Crippen molar-refractivity contribution in [2.24, 2.45) is 4.99 Å². The maximum Gasteiger partial charge on any atom is 0.254 e. The molecule has 1 aliphatic heterocycles. The van der Waals surface area contributed by atoms with E-state index in [1.165, 1.54) is 11.1 Å². The number of guanidine groups is 1. The summed E-state index contributed by atoms with van der Waals surface area (Å²) in [6, 6.07) is 15.8. The van der Waals surface area contributed by atoms with Crippen molar-refractivity contribution in [2.75, 3.05) is 26.7 Å². The Balaban J connectivity index is 0.00000341. The molecule has 0 atom stereocenters. The summed E-state index contributed by atoms with van der Waals surface area (Å²) in [6.07, 6.45) is 0.997. The predicted octanol–water partition coefficient (Wildman–Crippen LogP) is 2.30. The lowest BCUT2D eigenvalue weighted by Crippen LogP contribution is -2.49. The maximum atomic E-state index is 12.5. The summed E-state index contributed by atoms with van der Waals surface area (Å²) in [6.45, 7) is 4.61. The van der Waals surface area contributed by atoms with Gasteiger partial charge in [-0.05, 0) is 35.2 Å². The quantitative estimate of drug-likeness (QED) is 0.301. The van der Waals surface area contributed by atoms with Crippen LogP contribution in [0.4, 0.5) is 0 Å². The summed E-state index contributed by atoms with van der Waals surface area (Å²) in [5.41, 5.74) is 4.22. The van der Waals surface area contributed by atoms with Gasteiger partial charge in [0, 0.05) is 38.8 Å². The van der Waals surface area contributed by atoms with Crippen LogP contribution in [0.1, 0.15) is 34.0 Å². The molecule has 0 aliphatic carbocycles. The minimum Gasteiger partial charge on any atom is -0.353 e. The average molecular weight is 535 g/mol. The molecule has 31 heavy (non-hydrogen) atoms. The van der Waals surface area contributed by atoms with Crippen LogP contribution in [0.5, 0.6) is 0 Å². The highest BCUT2D eigenvalue weighted by molar-refractivity contribution is 14.0. The average Bonchev–Trinajstić information content (AvgIpc) is 2.79. The van der Waals surface area contributed by atoms with Crippen molar-refractivity contribution in [3.05, 3.63) is 70.8 Å². The van der Waals surface area contributed by atoms with Gasteiger partial charge in [0.25, 0.3) is 5.91 Å². The van der Waals surface area contributed by atoms with E-state index in [9.17, 15) is 9.59 Å². The van der Waals surface area contributed by atoms with Gasteiger partial charge in [0.05, 0.1) is 6.54 Å². The molecular formula is C23H30IN5O2. The predicted molar refractivity (Wildman–Crippen MR) is 134 cm³/mol. The molecule has 0 spiro atoms. The van der Waals surface area contributed by atoms with Crippen LogP contribution in [0.25, 0.3) is 0 Å². The van der Waals surface area contributed by atoms with E-state index in [2.05, 4.69) is 46.1 Å². The Morgan fingerprint density at radius 3 is 2.39 bits per heavy atom. The van der Waals surface area contributed by atoms with Gasteiger partial charge in [0.2, 0.25) is 5.91 Å². The molecule has 1 heterocycles. The summed E-state index contributed by atoms with van der Waals surface area (Å²) >= 11 is 0. The molecule has 8 heteroatoms. The number of rotatable bonds is 6. The number of nitrogens with zero attached hydrogens (tertiary/aromatic N) is 2. The van der Waals surface area contributed by atoms with E-state index in [0.29, 0.717) is 31.7 Å². The third kappa shape index (κ3) is 6.95. The molecule has 0 saturated carbocycles. The van der Waals surface area contributed by atoms with Crippen LogP contribution in [0.3, 0.4) is 0 Å². The number of carbonyl (C=O) groups is 2. The number of piperazine rings is 1. The Hall–Kier alpha value is -2.62. The van der Waals surface area contributed by atoms with Crippen molar-refractivity contribution < 1.29 is 9.59 Å². The van der Waals surface area contributed by atoms with E-state index in [1.54, 1.807) is 24.1 Å². The van der Waals surface area contributed by atoms with Crippen LogP contribution in [-0.2, 0) is 24.3 Å². The summed E-state index contributed by atoms with van der Waals surface area (Å²) in [5.74, 6) is 0.493. The second-order valence-electron chi connectivity index (χ2n) is 7.18. The zero-order valence-corrected chi connectivity index (χ0v) is 20.3. The lowest BCUT2D eigenvalue weighted by molar-refractivity contribution is -0.123. The molecule has 7 nitrogen and oxygen atoms in total. The number of amides is 2. The van der Waals surface area contributed by atoms with Crippen molar-refractivity contribution in [3.63, 3.8) is 0 Å². The molecule has 0 radical (unpaired) electrons. The highest BCUT2D eigenvalue weighted by Crippen LogP contribution is 2.10. The maximum absolute atomic E-state index is 12.5. The Bertz CT molecular complexity index is 914. The SMILES string of the molecule is CCc1ccccc1CNC(=NC)NCc1ccc(C(=O)N2CCNC(=O)C2)cc1.I. The number of carbonyl (C=O) groups excluding carboxylic acids is 2. The Labute approximate surface area is 200 Å². The normalized spacial score (nSPS) is 13.8. The number of aryl methyl sites for hydroxylation is 1. The van der Waals surface area contributed by atoms with E-state index >= 15 is 0 Å². The van der Waals surface area contributed by atoms with Gasteiger partial charge in [0.15, 0.2) is 5.96 Å². The van der Waals surface area contributed by atoms with Crippen molar-refractivity contribution >= 4 is 41.8 Å². The molecule has 0 aromatic heterocycles. The molecule has 2 aromatic rings. The number of nitrogens with one attached hydrogen (secondary N) is 3. The third-order valence-corrected chi connectivity index (χ3v) is 5.16. The van der Waals surface area contributed by atoms with Crippen molar-refractivity contribution in [1.29, 1.82) is 0 Å². The van der Waals surface area contributed by atoms with E-state index in [4.69, 9.17) is 0 Å². The first-order valence-corrected chi connectivity index (χ1v) is 10.3. The Morgan fingerprint density at radius 1 is 1.06 bits per heavy atom. The van der Waals surface area contributed by atoms with Gasteiger partial charge in [-0.2, -0.15) is 0 Å². The zero-order valence-electron chi connectivity index (χ0n) is 18.0. The molecule has 2 aromatic carbocycles. The summed E-state index contributed by atoms with van der Waals surface area (Å²) in [7, 11) is 1.75. The second-order valence-corrected chi connectivity index (χ2v) is 7.18. The van der Waals surface area contributed by atoms with Crippen LogP contribution in [0, 0.1) is 0 Å². The monoisotopic (exact) mass is 535 g/mol. The third-order valence-electron chi connectivity index (χ3n) is 5.16. The highest BCUT2D eigenvalue weighted by atomic mass is 127. The van der Waals surface area contributed by atoms with Gasteiger partial charge < -0.3 is 20.9 Å². The lowest BCUT2D eigenvalue weighted by atomic mass is 10.1. The molecule has 1 saturated heterocycles. The van der Waals surface area contributed by atoms with Gasteiger partial charge in [-0.1, -0.05) is 43.3 Å². The van der Waals surface area contributed by atoms with Crippen LogP contribution >= 0.6 is 24.0 Å². The van der Waals surface area contributed by atoms with Gasteiger partial charge >= 0.3 is 0 Å². The zero-order chi connectivity index (χ0) is 21.3. The Kier molecular flexibility index (Phi) is 9.77. The largest absolute Gasteiger partial charge is 0.353 e. The minimum absolute atomic E-state index is 0. The molecule has 1 aliphatic rings. The fraction of sp³-hybridized carbons (Fsp3) is 0.348. The smallest absolute Gasteiger partial charge is 0.254 e. The van der Waals surface area contributed by atoms with Crippen LogP contribution < -0.4 is 16.0 Å². The number of aliphatic imine (C=N–C) groups is 1. The summed E-state index contributed by atoms with van der Waals surface area (Å²) in [5, 5.41) is 9.38. The topological polar surface area (TPSA) is 85.8 Å². The van der Waals surface area contributed by atoms with E-state index in [1.807, 2.05) is 18.2 Å². The molecule has 0 unspecified atom stereocenters. The standard InChI is InChI=1S/C23H29N5O2.HI/c1-3-18-6-4-5-7-20(18)15-27-23(24-2)26-14-17-8-10-19(11-9-17)22(30)28-13-12-25-21(29)16-28;/h4-11H,3,12-16H2,1-2H3,(H,25,29)(H2,24,26,27);1H. The lowest BCUT2D eigenvalue weighted by Gasteiger charge is -2.26. The minimum atomic E-state index is -0.115. The molecule has 3 rings (SSSR count). The van der Waals surface area contributed by atoms with E-state index < -0.39 is 0 Å². The van der Waals surface area contributed by atoms with Crippen molar-refractivity contribution in [2.45, 2.75) is 26.4 Å². The number of hydrogen-bond acceptors (Lipinski definition) is 3. The first kappa shape index (κ1) is 24.6.